The molecule has 0 fully saturated rings. The molecule has 0 radical (unpaired) electrons. The average Bonchev–Trinajstić information content (AvgIpc) is 2.64. The maximum atomic E-state index is 11.9. The summed E-state index contributed by atoms with van der Waals surface area (Å²) in [5.41, 5.74) is 0.878. The van der Waals surface area contributed by atoms with Crippen LogP contribution in [0.15, 0.2) is 17.4 Å². The summed E-state index contributed by atoms with van der Waals surface area (Å²) < 4.78 is 0. The molecule has 0 saturated carbocycles. The molecule has 0 unspecified atom stereocenters. The summed E-state index contributed by atoms with van der Waals surface area (Å²) in [6.45, 7) is 3.41. The van der Waals surface area contributed by atoms with Crippen LogP contribution in [0, 0.1) is 6.92 Å². The summed E-state index contributed by atoms with van der Waals surface area (Å²) in [5, 5.41) is 15.0. The summed E-state index contributed by atoms with van der Waals surface area (Å²) in [7, 11) is 0. The van der Waals surface area contributed by atoms with Gasteiger partial charge in [0, 0.05) is 31.9 Å². The molecular weight excluding hydrogens is 346 g/mol. The number of aliphatic carboxylic acids is 1. The van der Waals surface area contributed by atoms with E-state index in [0.29, 0.717) is 18.2 Å². The number of aliphatic imine (C=N–C) groups is 1. The van der Waals surface area contributed by atoms with Crippen molar-refractivity contribution in [3.05, 3.63) is 23.8 Å². The molecule has 8 nitrogen and oxygen atoms in total. The summed E-state index contributed by atoms with van der Waals surface area (Å²) in [5.74, 6) is 0.380. The Morgan fingerprint density at radius 2 is 1.96 bits per heavy atom. The van der Waals surface area contributed by atoms with Gasteiger partial charge in [0.1, 0.15) is 5.82 Å². The number of unbranched alkanes of at least 4 members (excludes halogenated alkanes) is 3. The highest BCUT2D eigenvalue weighted by Crippen LogP contribution is 2.25. The fourth-order valence-electron chi connectivity index (χ4n) is 3.05. The zero-order valence-corrected chi connectivity index (χ0v) is 15.9. The number of rotatable bonds is 10. The van der Waals surface area contributed by atoms with Gasteiger partial charge < -0.3 is 10.4 Å². The quantitative estimate of drug-likeness (QED) is 0.540. The molecule has 1 amide bonds. The molecule has 1 aliphatic heterocycles. The van der Waals surface area contributed by atoms with Crippen molar-refractivity contribution >= 4 is 17.8 Å². The van der Waals surface area contributed by atoms with Crippen LogP contribution >= 0.6 is 0 Å². The van der Waals surface area contributed by atoms with E-state index in [2.05, 4.69) is 25.6 Å². The van der Waals surface area contributed by atoms with Crippen LogP contribution in [0.4, 0.5) is 0 Å². The van der Waals surface area contributed by atoms with Crippen LogP contribution in [0.25, 0.3) is 0 Å². The Bertz CT molecular complexity index is 645. The Morgan fingerprint density at radius 3 is 2.63 bits per heavy atom. The van der Waals surface area contributed by atoms with Crippen molar-refractivity contribution in [3.8, 4) is 0 Å². The predicted molar refractivity (Wildman–Crippen MR) is 103 cm³/mol. The minimum absolute atomic E-state index is 0.0105. The van der Waals surface area contributed by atoms with E-state index in [1.165, 1.54) is 0 Å². The van der Waals surface area contributed by atoms with E-state index in [-0.39, 0.29) is 18.2 Å². The topological polar surface area (TPSA) is 117 Å². The first-order chi connectivity index (χ1) is 13.0. The van der Waals surface area contributed by atoms with E-state index < -0.39 is 5.97 Å². The van der Waals surface area contributed by atoms with Crippen molar-refractivity contribution in [1.82, 2.24) is 20.6 Å². The molecule has 0 aliphatic carbocycles. The standard InChI is InChI=1S/C19H29N5O3/c1-14-22-12-16(13-23-14)15(11-18(26)27)7-4-2-3-5-8-17(25)24-19-20-9-6-10-21-19/h12-13,15H,2-11H2,1H3,(H,26,27)(H2,20,21,24,25)/t15-/m1/s1. The minimum Gasteiger partial charge on any atom is -0.481 e. The third kappa shape index (κ3) is 8.15. The highest BCUT2D eigenvalue weighted by atomic mass is 16.4. The van der Waals surface area contributed by atoms with Gasteiger partial charge in [0.15, 0.2) is 5.96 Å². The molecular formula is C19H29N5O3. The largest absolute Gasteiger partial charge is 0.481 e. The van der Waals surface area contributed by atoms with Gasteiger partial charge in [-0.1, -0.05) is 19.3 Å². The second-order valence-corrected chi connectivity index (χ2v) is 6.87. The molecule has 1 atom stereocenters. The number of carboxylic acids is 1. The summed E-state index contributed by atoms with van der Waals surface area (Å²) in [6.07, 6.45) is 9.44. The zero-order chi connectivity index (χ0) is 19.5. The minimum atomic E-state index is -0.809. The molecule has 3 N–H and O–H groups in total. The number of carboxylic acid groups (broad SMARTS) is 1. The molecule has 27 heavy (non-hydrogen) atoms. The number of nitrogens with zero attached hydrogens (tertiary/aromatic N) is 3. The maximum Gasteiger partial charge on any atom is 0.303 e. The van der Waals surface area contributed by atoms with Crippen LogP contribution in [-0.4, -0.2) is 46.0 Å². The second-order valence-electron chi connectivity index (χ2n) is 6.87. The first-order valence-electron chi connectivity index (χ1n) is 9.63. The molecule has 0 saturated heterocycles. The number of aryl methyl sites for hydroxylation is 1. The fraction of sp³-hybridized carbons (Fsp3) is 0.632. The van der Waals surface area contributed by atoms with Gasteiger partial charge in [-0.05, 0) is 37.7 Å². The number of guanidine groups is 1. The lowest BCUT2D eigenvalue weighted by Gasteiger charge is -2.15. The van der Waals surface area contributed by atoms with E-state index in [9.17, 15) is 9.59 Å². The van der Waals surface area contributed by atoms with E-state index in [1.54, 1.807) is 12.4 Å². The summed E-state index contributed by atoms with van der Waals surface area (Å²) in [6, 6.07) is 0. The molecule has 1 aromatic rings. The van der Waals surface area contributed by atoms with Crippen LogP contribution in [0.2, 0.25) is 0 Å². The number of nitrogens with one attached hydrogen (secondary N) is 2. The van der Waals surface area contributed by atoms with Crippen molar-refractivity contribution in [3.63, 3.8) is 0 Å². The van der Waals surface area contributed by atoms with E-state index in [1.807, 2.05) is 6.92 Å². The smallest absolute Gasteiger partial charge is 0.303 e. The maximum absolute atomic E-state index is 11.9. The number of hydrogen-bond acceptors (Lipinski definition) is 6. The van der Waals surface area contributed by atoms with E-state index in [0.717, 1.165) is 57.2 Å². The molecule has 2 heterocycles. The molecule has 1 aromatic heterocycles. The van der Waals surface area contributed by atoms with Gasteiger partial charge in [-0.15, -0.1) is 0 Å². The predicted octanol–water partition coefficient (Wildman–Crippen LogP) is 2.15. The lowest BCUT2D eigenvalue weighted by molar-refractivity contribution is -0.137. The monoisotopic (exact) mass is 375 g/mol. The molecule has 0 bridgehead atoms. The van der Waals surface area contributed by atoms with Gasteiger partial charge in [-0.3, -0.25) is 19.9 Å². The highest BCUT2D eigenvalue weighted by Gasteiger charge is 2.16. The average molecular weight is 375 g/mol. The number of hydrogen-bond donors (Lipinski definition) is 3. The third-order valence-electron chi connectivity index (χ3n) is 4.55. The Hall–Kier alpha value is -2.51. The lowest BCUT2D eigenvalue weighted by Crippen LogP contribution is -2.43. The Labute approximate surface area is 159 Å². The van der Waals surface area contributed by atoms with Gasteiger partial charge in [-0.25, -0.2) is 9.97 Å². The van der Waals surface area contributed by atoms with Gasteiger partial charge >= 0.3 is 5.97 Å². The normalized spacial score (nSPS) is 14.8. The Morgan fingerprint density at radius 1 is 1.22 bits per heavy atom. The Balaban J connectivity index is 1.64. The van der Waals surface area contributed by atoms with Gasteiger partial charge in [0.25, 0.3) is 0 Å². The molecule has 148 valence electrons. The van der Waals surface area contributed by atoms with Crippen molar-refractivity contribution in [2.24, 2.45) is 4.99 Å². The van der Waals surface area contributed by atoms with E-state index in [4.69, 9.17) is 5.11 Å². The zero-order valence-electron chi connectivity index (χ0n) is 15.9. The summed E-state index contributed by atoms with van der Waals surface area (Å²) >= 11 is 0. The lowest BCUT2D eigenvalue weighted by atomic mass is 9.92. The van der Waals surface area contributed by atoms with Crippen molar-refractivity contribution in [2.75, 3.05) is 13.1 Å². The third-order valence-corrected chi connectivity index (χ3v) is 4.55. The number of carbonyl (C=O) groups is 2. The number of amides is 1. The van der Waals surface area contributed by atoms with Crippen LogP contribution in [0.5, 0.6) is 0 Å². The van der Waals surface area contributed by atoms with Crippen molar-refractivity contribution < 1.29 is 14.7 Å². The second kappa shape index (κ2) is 11.3. The van der Waals surface area contributed by atoms with Crippen molar-refractivity contribution in [1.29, 1.82) is 0 Å². The SMILES string of the molecule is Cc1ncc([C@H](CCCCCCC(=O)NC2=NCCCN2)CC(=O)O)cn1. The highest BCUT2D eigenvalue weighted by molar-refractivity contribution is 5.97. The number of aromatic nitrogens is 2. The molecule has 0 aromatic carbocycles. The number of carbonyl (C=O) groups excluding carboxylic acids is 1. The first kappa shape index (κ1) is 20.8. The van der Waals surface area contributed by atoms with Crippen LogP contribution in [-0.2, 0) is 9.59 Å². The molecule has 1 aliphatic rings. The van der Waals surface area contributed by atoms with Gasteiger partial charge in [-0.2, -0.15) is 0 Å². The molecule has 2 rings (SSSR count). The van der Waals surface area contributed by atoms with Crippen LogP contribution in [0.1, 0.15) is 68.7 Å². The molecule has 0 spiro atoms. The molecule has 8 heteroatoms. The van der Waals surface area contributed by atoms with E-state index >= 15 is 0 Å². The first-order valence-corrected chi connectivity index (χ1v) is 9.63. The van der Waals surface area contributed by atoms with Gasteiger partial charge in [0.05, 0.1) is 6.42 Å². The van der Waals surface area contributed by atoms with Crippen LogP contribution < -0.4 is 10.6 Å². The Kier molecular flexibility index (Phi) is 8.67. The summed E-state index contributed by atoms with van der Waals surface area (Å²) in [4.78, 5) is 35.6. The van der Waals surface area contributed by atoms with Gasteiger partial charge in [0.2, 0.25) is 5.91 Å². The van der Waals surface area contributed by atoms with Crippen LogP contribution in [0.3, 0.4) is 0 Å². The van der Waals surface area contributed by atoms with Crippen molar-refractivity contribution in [2.45, 2.75) is 64.2 Å². The fourth-order valence-corrected chi connectivity index (χ4v) is 3.05.